The van der Waals surface area contributed by atoms with Crippen molar-refractivity contribution in [2.45, 2.75) is 139 Å². The summed E-state index contributed by atoms with van der Waals surface area (Å²) in [6.07, 6.45) is 4.96. The van der Waals surface area contributed by atoms with Crippen LogP contribution in [0.3, 0.4) is 0 Å². The molecule has 30 heteroatoms. The number of benzene rings is 3. The number of amides is 7. The highest BCUT2D eigenvalue weighted by Crippen LogP contribution is 2.28. The number of nitrogens with zero attached hydrogens (tertiary/aromatic N) is 5. The number of primary amides is 1. The molecule has 0 radical (unpaired) electrons. The van der Waals surface area contributed by atoms with Crippen LogP contribution in [0.1, 0.15) is 98.7 Å². The molecule has 1 fully saturated rings. The van der Waals surface area contributed by atoms with E-state index in [4.69, 9.17) is 11.5 Å². The first-order valence-corrected chi connectivity index (χ1v) is 31.8. The number of ketones is 3. The Hall–Kier alpha value is -10.5. The standard InChI is InChI=1S/C66H77F2N15O13/c67-42-10-14-50-48(26-42)40(30-72-50)21-52-57(86)23-38(25-60(89)90)63(93)77-53(28-44-32-71-35-75-44)58(87)24-39(19-36-8-12-46(84)13-9-36)66(96)83-18-4-7-56(83)65(95)79-54(61(70)91)29-45-34-82(81-80-45)17-3-6-47(85)20-37(5-1-2-16-69)62(92)74-33-59(88)76-55(64(94)78-52)22-41-31-73-51-15-11-43(68)27-49(41)51/h8-15,26-27,30-32,34-35,37-39,52-56,72-73,84H,1-7,16-25,28-29,33,69H2,(H2,70,91)(H,71,75)(H,74,92)(H,76,88)(H,77,93)(H,78,94)(H,79,95)(H,89,90)/t37-,38+,39-,52+,53+,54+,55+,56+/m1/s1. The molecule has 0 saturated carbocycles. The third-order valence-electron chi connectivity index (χ3n) is 17.4. The van der Waals surface area contributed by atoms with E-state index >= 15 is 19.2 Å². The Morgan fingerprint density at radius 2 is 1.32 bits per heavy atom. The van der Waals surface area contributed by atoms with Crippen molar-refractivity contribution in [2.75, 3.05) is 19.6 Å². The second kappa shape index (κ2) is 32.6. The predicted molar refractivity (Wildman–Crippen MR) is 340 cm³/mol. The molecule has 3 aromatic carbocycles. The average molecular weight is 1330 g/mol. The maximum Gasteiger partial charge on any atom is 0.304 e. The van der Waals surface area contributed by atoms with Crippen LogP contribution in [0.4, 0.5) is 8.78 Å². The molecule has 9 rings (SSSR count). The Labute approximate surface area is 548 Å². The molecule has 8 atom stereocenters. The lowest BCUT2D eigenvalue weighted by molar-refractivity contribution is -0.144. The van der Waals surface area contributed by atoms with Gasteiger partial charge in [-0.3, -0.25) is 57.4 Å². The third kappa shape index (κ3) is 18.9. The summed E-state index contributed by atoms with van der Waals surface area (Å²) in [7, 11) is 0. The zero-order chi connectivity index (χ0) is 68.6. The van der Waals surface area contributed by atoms with Crippen molar-refractivity contribution in [1.82, 2.24) is 66.4 Å². The Morgan fingerprint density at radius 3 is 1.97 bits per heavy atom. The number of aromatic hydroxyl groups is 1. The van der Waals surface area contributed by atoms with Crippen molar-refractivity contribution in [1.29, 1.82) is 0 Å². The number of Topliss-reactive ketones (excluding diaryl/α,β-unsaturated/α-hetero) is 3. The van der Waals surface area contributed by atoms with Crippen LogP contribution >= 0.6 is 0 Å². The van der Waals surface area contributed by atoms with Gasteiger partial charge in [0, 0.05) is 129 Å². The molecular formula is C66H77F2N15O13. The molecule has 0 unspecified atom stereocenters. The van der Waals surface area contributed by atoms with Crippen molar-refractivity contribution in [3.05, 3.63) is 131 Å². The first-order valence-electron chi connectivity index (χ1n) is 31.8. The first kappa shape index (κ1) is 69.8. The van der Waals surface area contributed by atoms with E-state index in [2.05, 4.69) is 56.8 Å². The molecule has 2 aliphatic rings. The van der Waals surface area contributed by atoms with Crippen molar-refractivity contribution >= 4 is 86.5 Å². The fraction of sp³-hybridized carbons (Fsp3) is 0.424. The average Bonchev–Trinajstić information content (AvgIpc) is 1.60. The van der Waals surface area contributed by atoms with Gasteiger partial charge in [0.05, 0.1) is 43.0 Å². The predicted octanol–water partition coefficient (Wildman–Crippen LogP) is 2.12. The second-order valence-corrected chi connectivity index (χ2v) is 24.5. The summed E-state index contributed by atoms with van der Waals surface area (Å²) in [4.78, 5) is 171. The van der Waals surface area contributed by atoms with Crippen LogP contribution < -0.4 is 38.1 Å². The number of carbonyl (C=O) groups excluding carboxylic acids is 10. The smallest absolute Gasteiger partial charge is 0.304 e. The molecule has 14 N–H and O–H groups in total. The SMILES string of the molecule is NCCCC[C@@H]1CC(=O)CCCn2cc(nn2)C[C@@H](C(N)=O)NC(=O)[C@@H]2CCCN2C(=O)[C@H](Cc2ccc(O)cc2)CC(=O)[C@H](Cc2cnc[nH]2)NC(=O)[C@H](CC(=O)O)CC(=O)[C@H](Cc2c[nH]c3ccc(F)cc23)NC(=O)[C@H](Cc2c[nH]c3ccc(F)cc23)NC(=O)CNC1=O. The minimum Gasteiger partial charge on any atom is -0.508 e. The molecular weight excluding hydrogens is 1250 g/mol. The first-order chi connectivity index (χ1) is 46.1. The maximum atomic E-state index is 15.1. The number of rotatable bonds is 15. The molecule has 0 spiro atoms. The van der Waals surface area contributed by atoms with Gasteiger partial charge in [-0.25, -0.2) is 13.8 Å². The van der Waals surface area contributed by atoms with Crippen LogP contribution in [-0.2, 0) is 91.4 Å². The largest absolute Gasteiger partial charge is 0.508 e. The van der Waals surface area contributed by atoms with Gasteiger partial charge in [-0.2, -0.15) is 0 Å². The fourth-order valence-corrected chi connectivity index (χ4v) is 12.4. The number of hydrogen-bond acceptors (Lipinski definition) is 16. The number of phenolic OH excluding ortho intramolecular Hbond substituents is 1. The Bertz CT molecular complexity index is 3980. The third-order valence-corrected chi connectivity index (χ3v) is 17.4. The number of unbranched alkanes of at least 4 members (excludes halogenated alkanes) is 1. The molecule has 96 heavy (non-hydrogen) atoms. The Morgan fingerprint density at radius 1 is 0.667 bits per heavy atom. The number of carboxylic acid groups (broad SMARTS) is 1. The number of fused-ring (bicyclic) bond motifs is 5. The second-order valence-electron chi connectivity index (χ2n) is 24.5. The van der Waals surface area contributed by atoms with Crippen molar-refractivity contribution in [3.63, 3.8) is 0 Å². The van der Waals surface area contributed by atoms with Gasteiger partial charge in [0.1, 0.15) is 41.3 Å². The van der Waals surface area contributed by atoms with Gasteiger partial charge in [-0.05, 0) is 110 Å². The highest BCUT2D eigenvalue weighted by atomic mass is 19.1. The number of aromatic nitrogens is 7. The maximum absolute atomic E-state index is 15.1. The summed E-state index contributed by atoms with van der Waals surface area (Å²) in [6, 6.07) is 6.24. The number of aromatic amines is 3. The zero-order valence-electron chi connectivity index (χ0n) is 52.5. The Balaban J connectivity index is 1.07. The highest BCUT2D eigenvalue weighted by Gasteiger charge is 2.41. The lowest BCUT2D eigenvalue weighted by Crippen LogP contribution is -2.55. The number of aliphatic carboxylic acids is 1. The van der Waals surface area contributed by atoms with E-state index in [1.54, 1.807) is 0 Å². The number of carbonyl (C=O) groups is 11. The fourth-order valence-electron chi connectivity index (χ4n) is 12.4. The van der Waals surface area contributed by atoms with E-state index in [0.29, 0.717) is 64.4 Å². The van der Waals surface area contributed by atoms with Gasteiger partial charge < -0.3 is 68.1 Å². The van der Waals surface area contributed by atoms with Gasteiger partial charge in [0.25, 0.3) is 0 Å². The summed E-state index contributed by atoms with van der Waals surface area (Å²) >= 11 is 0. The van der Waals surface area contributed by atoms with E-state index in [1.165, 1.54) is 101 Å². The minimum atomic E-state index is -1.76. The Kier molecular flexibility index (Phi) is 23.7. The van der Waals surface area contributed by atoms with Crippen LogP contribution in [0.2, 0.25) is 0 Å². The number of imidazole rings is 1. The van der Waals surface area contributed by atoms with Crippen LogP contribution in [0.15, 0.2) is 91.8 Å². The molecule has 6 heterocycles. The number of phenols is 1. The molecule has 28 nitrogen and oxygen atoms in total. The van der Waals surface area contributed by atoms with Gasteiger partial charge >= 0.3 is 5.97 Å². The van der Waals surface area contributed by atoms with Gasteiger partial charge in [0.15, 0.2) is 11.6 Å². The van der Waals surface area contributed by atoms with Gasteiger partial charge in [0.2, 0.25) is 41.4 Å². The molecule has 2 aliphatic heterocycles. The van der Waals surface area contributed by atoms with Gasteiger partial charge in [-0.1, -0.05) is 23.8 Å². The molecule has 0 aliphatic carbocycles. The number of carboxylic acids is 1. The van der Waals surface area contributed by atoms with E-state index in [1.807, 2.05) is 0 Å². The highest BCUT2D eigenvalue weighted by molar-refractivity contribution is 6.00. The van der Waals surface area contributed by atoms with Gasteiger partial charge in [-0.15, -0.1) is 5.10 Å². The van der Waals surface area contributed by atoms with E-state index in [-0.39, 0.29) is 93.7 Å². The summed E-state index contributed by atoms with van der Waals surface area (Å²) in [6.45, 7) is -0.189. The monoisotopic (exact) mass is 1330 g/mol. The number of hydrogen-bond donors (Lipinski definition) is 12. The van der Waals surface area contributed by atoms with Crippen molar-refractivity contribution in [3.8, 4) is 5.75 Å². The zero-order valence-corrected chi connectivity index (χ0v) is 52.5. The minimum absolute atomic E-state index is 0.00865. The van der Waals surface area contributed by atoms with Crippen molar-refractivity contribution in [2.24, 2.45) is 29.2 Å². The van der Waals surface area contributed by atoms with E-state index < -0.39 is 151 Å². The van der Waals surface area contributed by atoms with Crippen molar-refractivity contribution < 1.29 is 71.7 Å². The molecule has 7 aromatic rings. The lowest BCUT2D eigenvalue weighted by Gasteiger charge is -2.30. The number of nitrogens with one attached hydrogen (secondary N) is 8. The molecule has 508 valence electrons. The lowest BCUT2D eigenvalue weighted by atomic mass is 9.88. The molecule has 4 aromatic heterocycles. The molecule has 2 bridgehead atoms. The van der Waals surface area contributed by atoms with E-state index in [0.717, 1.165) is 0 Å². The summed E-state index contributed by atoms with van der Waals surface area (Å²) in [5.74, 6) is -14.8. The number of halogens is 2. The number of nitrogens with two attached hydrogens (primary N) is 2. The summed E-state index contributed by atoms with van der Waals surface area (Å²) in [5.41, 5.74) is 14.2. The van der Waals surface area contributed by atoms with Crippen LogP contribution in [0, 0.1) is 29.4 Å². The van der Waals surface area contributed by atoms with E-state index in [9.17, 15) is 52.6 Å². The topological polar surface area (TPSA) is 435 Å². The normalized spacial score (nSPS) is 22.4. The summed E-state index contributed by atoms with van der Waals surface area (Å²) in [5, 5.41) is 42.6. The molecule has 1 saturated heterocycles. The quantitative estimate of drug-likeness (QED) is 0.0654. The summed E-state index contributed by atoms with van der Waals surface area (Å²) < 4.78 is 31.2. The number of aryl methyl sites for hydroxylation is 1. The number of H-pyrrole nitrogens is 3. The molecule has 7 amide bonds. The van der Waals surface area contributed by atoms with Crippen LogP contribution in [0.5, 0.6) is 5.75 Å². The van der Waals surface area contributed by atoms with Crippen LogP contribution in [-0.4, -0.2) is 165 Å². The van der Waals surface area contributed by atoms with Crippen LogP contribution in [0.25, 0.3) is 21.8 Å².